The molecule has 20 heavy (non-hydrogen) atoms. The van der Waals surface area contributed by atoms with E-state index in [0.29, 0.717) is 5.39 Å². The average molecular weight is 284 g/mol. The summed E-state index contributed by atoms with van der Waals surface area (Å²) in [4.78, 5) is 0. The fourth-order valence-corrected chi connectivity index (χ4v) is 2.53. The van der Waals surface area contributed by atoms with E-state index in [1.54, 1.807) is 6.07 Å². The first-order valence-corrected chi connectivity index (χ1v) is 6.81. The van der Waals surface area contributed by atoms with Gasteiger partial charge in [-0.3, -0.25) is 0 Å². The molecule has 2 aromatic rings. The molecule has 1 aromatic carbocycles. The number of rotatable bonds is 5. The molecule has 1 heterocycles. The molecule has 0 atom stereocenters. The van der Waals surface area contributed by atoms with Gasteiger partial charge in [-0.25, -0.2) is 0 Å². The molecule has 0 unspecified atom stereocenters. The molecule has 0 fully saturated rings. The molecule has 0 spiro atoms. The van der Waals surface area contributed by atoms with Crippen LogP contribution < -0.4 is 5.32 Å². The van der Waals surface area contributed by atoms with Crippen LogP contribution in [0, 0.1) is 0 Å². The summed E-state index contributed by atoms with van der Waals surface area (Å²) < 4.78 is 40.3. The summed E-state index contributed by atoms with van der Waals surface area (Å²) in [5.74, 6) is 0. The fourth-order valence-electron chi connectivity index (χ4n) is 2.53. The van der Waals surface area contributed by atoms with E-state index in [1.165, 1.54) is 6.07 Å². The third kappa shape index (κ3) is 2.98. The third-order valence-corrected chi connectivity index (χ3v) is 3.49. The Morgan fingerprint density at radius 3 is 2.55 bits per heavy atom. The van der Waals surface area contributed by atoms with Crippen molar-refractivity contribution in [3.05, 3.63) is 35.5 Å². The lowest BCUT2D eigenvalue weighted by Crippen LogP contribution is -2.10. The SMILES string of the molecule is CCn1c(CCCNC)cc2cc(C(F)(F)F)ccc21. The summed E-state index contributed by atoms with van der Waals surface area (Å²) in [5, 5.41) is 3.75. The average Bonchev–Trinajstić information content (AvgIpc) is 2.74. The quantitative estimate of drug-likeness (QED) is 0.826. The monoisotopic (exact) mass is 284 g/mol. The van der Waals surface area contributed by atoms with Gasteiger partial charge in [0.25, 0.3) is 0 Å². The molecule has 0 aliphatic heterocycles. The van der Waals surface area contributed by atoms with Crippen molar-refractivity contribution in [3.63, 3.8) is 0 Å². The van der Waals surface area contributed by atoms with Gasteiger partial charge in [-0.1, -0.05) is 0 Å². The molecule has 0 aliphatic carbocycles. The van der Waals surface area contributed by atoms with Crippen molar-refractivity contribution in [3.8, 4) is 0 Å². The molecular formula is C15H19F3N2. The lowest BCUT2D eigenvalue weighted by Gasteiger charge is -2.09. The Balaban J connectivity index is 2.39. The van der Waals surface area contributed by atoms with Crippen LogP contribution in [0.2, 0.25) is 0 Å². The zero-order valence-corrected chi connectivity index (χ0v) is 11.7. The predicted molar refractivity (Wildman–Crippen MR) is 74.9 cm³/mol. The number of alkyl halides is 3. The molecule has 1 N–H and O–H groups in total. The minimum atomic E-state index is -4.28. The maximum atomic E-state index is 12.7. The highest BCUT2D eigenvalue weighted by molar-refractivity contribution is 5.82. The summed E-state index contributed by atoms with van der Waals surface area (Å²) in [5.41, 5.74) is 1.39. The van der Waals surface area contributed by atoms with Crippen molar-refractivity contribution in [2.24, 2.45) is 0 Å². The second kappa shape index (κ2) is 5.87. The third-order valence-electron chi connectivity index (χ3n) is 3.49. The van der Waals surface area contributed by atoms with Crippen molar-refractivity contribution in [2.45, 2.75) is 32.5 Å². The van der Waals surface area contributed by atoms with Gasteiger partial charge in [-0.05, 0) is 57.6 Å². The van der Waals surface area contributed by atoms with Crippen LogP contribution in [0.1, 0.15) is 24.6 Å². The number of aryl methyl sites for hydroxylation is 2. The number of nitrogens with zero attached hydrogens (tertiary/aromatic N) is 1. The molecular weight excluding hydrogens is 265 g/mol. The Morgan fingerprint density at radius 1 is 1.20 bits per heavy atom. The molecule has 5 heteroatoms. The van der Waals surface area contributed by atoms with E-state index in [1.807, 2.05) is 20.0 Å². The zero-order chi connectivity index (χ0) is 14.8. The molecule has 0 saturated heterocycles. The van der Waals surface area contributed by atoms with Crippen molar-refractivity contribution >= 4 is 10.9 Å². The molecule has 0 aliphatic rings. The van der Waals surface area contributed by atoms with E-state index in [-0.39, 0.29) is 0 Å². The molecule has 1 aromatic heterocycles. The Labute approximate surface area is 116 Å². The second-order valence-electron chi connectivity index (χ2n) is 4.86. The molecule has 110 valence electrons. The topological polar surface area (TPSA) is 17.0 Å². The minimum Gasteiger partial charge on any atom is -0.345 e. The van der Waals surface area contributed by atoms with Crippen molar-refractivity contribution in [1.82, 2.24) is 9.88 Å². The first kappa shape index (κ1) is 14.9. The van der Waals surface area contributed by atoms with Gasteiger partial charge in [-0.2, -0.15) is 13.2 Å². The summed E-state index contributed by atoms with van der Waals surface area (Å²) in [6.07, 6.45) is -2.45. The highest BCUT2D eigenvalue weighted by Gasteiger charge is 2.30. The van der Waals surface area contributed by atoms with Crippen LogP contribution in [0.5, 0.6) is 0 Å². The number of benzene rings is 1. The number of fused-ring (bicyclic) bond motifs is 1. The predicted octanol–water partition coefficient (Wildman–Crippen LogP) is 3.83. The summed E-state index contributed by atoms with van der Waals surface area (Å²) in [6, 6.07) is 5.85. The van der Waals surface area contributed by atoms with Gasteiger partial charge in [0.1, 0.15) is 0 Å². The zero-order valence-electron chi connectivity index (χ0n) is 11.7. The van der Waals surface area contributed by atoms with Crippen LogP contribution in [-0.2, 0) is 19.1 Å². The van der Waals surface area contributed by atoms with Gasteiger partial charge in [0.05, 0.1) is 5.56 Å². The van der Waals surface area contributed by atoms with Crippen LogP contribution in [0.15, 0.2) is 24.3 Å². The minimum absolute atomic E-state index is 0.583. The van der Waals surface area contributed by atoms with Gasteiger partial charge >= 0.3 is 6.18 Å². The summed E-state index contributed by atoms with van der Waals surface area (Å²) in [7, 11) is 1.89. The van der Waals surface area contributed by atoms with Crippen LogP contribution in [0.3, 0.4) is 0 Å². The standard InChI is InChI=1S/C15H19F3N2/c1-3-20-13(5-4-8-19-2)10-11-9-12(15(16,17)18)6-7-14(11)20/h6-7,9-10,19H,3-5,8H2,1-2H3. The van der Waals surface area contributed by atoms with E-state index in [4.69, 9.17) is 0 Å². The molecule has 0 amide bonds. The summed E-state index contributed by atoms with van der Waals surface area (Å²) in [6.45, 7) is 3.68. The van der Waals surface area contributed by atoms with Crippen LogP contribution in [0.25, 0.3) is 10.9 Å². The smallest absolute Gasteiger partial charge is 0.345 e. The first-order chi connectivity index (χ1) is 9.47. The maximum Gasteiger partial charge on any atom is 0.416 e. The molecule has 0 bridgehead atoms. The van der Waals surface area contributed by atoms with Crippen LogP contribution in [-0.4, -0.2) is 18.2 Å². The van der Waals surface area contributed by atoms with Gasteiger partial charge in [0, 0.05) is 23.1 Å². The van der Waals surface area contributed by atoms with Crippen LogP contribution in [0.4, 0.5) is 13.2 Å². The van der Waals surface area contributed by atoms with Crippen molar-refractivity contribution in [1.29, 1.82) is 0 Å². The number of nitrogens with one attached hydrogen (secondary N) is 1. The first-order valence-electron chi connectivity index (χ1n) is 6.81. The van der Waals surface area contributed by atoms with E-state index < -0.39 is 11.7 Å². The largest absolute Gasteiger partial charge is 0.416 e. The van der Waals surface area contributed by atoms with E-state index >= 15 is 0 Å². The Kier molecular flexibility index (Phi) is 4.38. The Bertz CT molecular complexity index is 585. The van der Waals surface area contributed by atoms with Gasteiger partial charge in [-0.15, -0.1) is 0 Å². The summed E-state index contributed by atoms with van der Waals surface area (Å²) >= 11 is 0. The maximum absolute atomic E-state index is 12.7. The van der Waals surface area contributed by atoms with Crippen molar-refractivity contribution in [2.75, 3.05) is 13.6 Å². The fraction of sp³-hybridized carbons (Fsp3) is 0.467. The number of hydrogen-bond acceptors (Lipinski definition) is 1. The van der Waals surface area contributed by atoms with Gasteiger partial charge in [0.15, 0.2) is 0 Å². The van der Waals surface area contributed by atoms with E-state index in [9.17, 15) is 13.2 Å². The number of aromatic nitrogens is 1. The lowest BCUT2D eigenvalue weighted by molar-refractivity contribution is -0.137. The number of hydrogen-bond donors (Lipinski definition) is 1. The Hall–Kier alpha value is -1.49. The van der Waals surface area contributed by atoms with Gasteiger partial charge in [0.2, 0.25) is 0 Å². The molecule has 2 nitrogen and oxygen atoms in total. The molecule has 0 saturated carbocycles. The second-order valence-corrected chi connectivity index (χ2v) is 4.86. The van der Waals surface area contributed by atoms with Crippen molar-refractivity contribution < 1.29 is 13.2 Å². The lowest BCUT2D eigenvalue weighted by atomic mass is 10.1. The van der Waals surface area contributed by atoms with E-state index in [2.05, 4.69) is 9.88 Å². The number of halogens is 3. The highest BCUT2D eigenvalue weighted by Crippen LogP contribution is 2.32. The Morgan fingerprint density at radius 2 is 1.95 bits per heavy atom. The normalized spacial score (nSPS) is 12.2. The van der Waals surface area contributed by atoms with Gasteiger partial charge < -0.3 is 9.88 Å². The molecule has 2 rings (SSSR count). The molecule has 0 radical (unpaired) electrons. The van der Waals surface area contributed by atoms with E-state index in [0.717, 1.165) is 43.2 Å². The highest BCUT2D eigenvalue weighted by atomic mass is 19.4. The van der Waals surface area contributed by atoms with Crippen LogP contribution >= 0.6 is 0 Å².